The predicted molar refractivity (Wildman–Crippen MR) is 78.1 cm³/mol. The van der Waals surface area contributed by atoms with Gasteiger partial charge in [0.25, 0.3) is 0 Å². The quantitative estimate of drug-likeness (QED) is 0.846. The van der Waals surface area contributed by atoms with E-state index in [1.54, 1.807) is 4.57 Å². The molecule has 20 heavy (non-hydrogen) atoms. The number of aliphatic carboxylic acids is 1. The van der Waals surface area contributed by atoms with Gasteiger partial charge in [0.1, 0.15) is 5.82 Å². The number of carboxylic acid groups (broad SMARTS) is 1. The Morgan fingerprint density at radius 2 is 2.25 bits per heavy atom. The first-order chi connectivity index (χ1) is 9.38. The van der Waals surface area contributed by atoms with Gasteiger partial charge in [0, 0.05) is 11.1 Å². The Morgan fingerprint density at radius 1 is 1.55 bits per heavy atom. The molecule has 2 rings (SSSR count). The molecule has 0 atom stereocenters. The van der Waals surface area contributed by atoms with E-state index in [0.717, 1.165) is 11.8 Å². The Kier molecular flexibility index (Phi) is 4.57. The van der Waals surface area contributed by atoms with Gasteiger partial charge in [0.05, 0.1) is 28.4 Å². The molecule has 8 heteroatoms. The van der Waals surface area contributed by atoms with Crippen LogP contribution >= 0.6 is 35.0 Å². The van der Waals surface area contributed by atoms with Gasteiger partial charge in [-0.15, -0.1) is 0 Å². The molecule has 0 saturated carbocycles. The molecular weight excluding hydrogens is 326 g/mol. The van der Waals surface area contributed by atoms with E-state index in [2.05, 4.69) is 11.6 Å². The fourth-order valence-electron chi connectivity index (χ4n) is 1.66. The molecule has 0 aliphatic carbocycles. The topological polar surface area (TPSA) is 55.1 Å². The number of imidazole rings is 1. The van der Waals surface area contributed by atoms with Crippen LogP contribution in [0.25, 0.3) is 11.0 Å². The zero-order valence-electron chi connectivity index (χ0n) is 10.1. The second-order valence-corrected chi connectivity index (χ2v) is 5.82. The first-order valence-electron chi connectivity index (χ1n) is 5.41. The number of carbonyl (C=O) groups is 1. The molecule has 0 aliphatic rings. The van der Waals surface area contributed by atoms with E-state index in [1.807, 2.05) is 0 Å². The molecule has 0 amide bonds. The van der Waals surface area contributed by atoms with Crippen LogP contribution in [0.15, 0.2) is 28.9 Å². The van der Waals surface area contributed by atoms with Gasteiger partial charge >= 0.3 is 5.97 Å². The fourth-order valence-corrected chi connectivity index (χ4v) is 2.67. The van der Waals surface area contributed by atoms with Gasteiger partial charge in [-0.1, -0.05) is 41.5 Å². The number of aromatic nitrogens is 2. The number of rotatable bonds is 5. The molecule has 1 aromatic carbocycles. The molecule has 0 spiro atoms. The largest absolute Gasteiger partial charge is 0.481 e. The summed E-state index contributed by atoms with van der Waals surface area (Å²) in [6.07, 6.45) is 0. The van der Waals surface area contributed by atoms with Crippen molar-refractivity contribution in [3.63, 3.8) is 0 Å². The van der Waals surface area contributed by atoms with Gasteiger partial charge in [-0.25, -0.2) is 9.37 Å². The van der Waals surface area contributed by atoms with Crippen LogP contribution in [0.3, 0.4) is 0 Å². The number of carboxylic acids is 1. The van der Waals surface area contributed by atoms with E-state index in [-0.39, 0.29) is 17.3 Å². The standard InChI is InChI=1S/C12H9Cl2FN2O2S/c1-6(13)4-17-10-2-7(14)8(15)3-9(10)16-12(17)20-5-11(18)19/h2-3H,1,4-5H2,(H,18,19). The molecule has 0 fully saturated rings. The van der Waals surface area contributed by atoms with E-state index in [4.69, 9.17) is 28.3 Å². The molecule has 0 bridgehead atoms. The van der Waals surface area contributed by atoms with Crippen LogP contribution in [-0.4, -0.2) is 26.4 Å². The average Bonchev–Trinajstić information content (AvgIpc) is 2.65. The number of hydrogen-bond acceptors (Lipinski definition) is 3. The summed E-state index contributed by atoms with van der Waals surface area (Å²) in [5.41, 5.74) is 0.962. The number of halogens is 3. The van der Waals surface area contributed by atoms with Gasteiger partial charge in [0.2, 0.25) is 0 Å². The van der Waals surface area contributed by atoms with E-state index in [1.165, 1.54) is 12.1 Å². The lowest BCUT2D eigenvalue weighted by Crippen LogP contribution is -2.03. The Hall–Kier alpha value is -1.24. The molecule has 1 aromatic heterocycles. The van der Waals surface area contributed by atoms with Crippen LogP contribution in [0.2, 0.25) is 5.02 Å². The molecule has 0 saturated heterocycles. The zero-order valence-corrected chi connectivity index (χ0v) is 12.4. The maximum absolute atomic E-state index is 13.4. The van der Waals surface area contributed by atoms with Crippen molar-refractivity contribution in [3.8, 4) is 0 Å². The highest BCUT2D eigenvalue weighted by Crippen LogP contribution is 2.29. The van der Waals surface area contributed by atoms with Crippen LogP contribution in [-0.2, 0) is 11.3 Å². The summed E-state index contributed by atoms with van der Waals surface area (Å²) in [4.78, 5) is 14.9. The smallest absolute Gasteiger partial charge is 0.313 e. The van der Waals surface area contributed by atoms with Crippen molar-refractivity contribution in [2.45, 2.75) is 11.7 Å². The molecule has 0 radical (unpaired) electrons. The maximum Gasteiger partial charge on any atom is 0.313 e. The van der Waals surface area contributed by atoms with Crippen molar-refractivity contribution in [2.24, 2.45) is 0 Å². The van der Waals surface area contributed by atoms with E-state index in [9.17, 15) is 9.18 Å². The zero-order chi connectivity index (χ0) is 14.9. The van der Waals surface area contributed by atoms with Crippen molar-refractivity contribution in [2.75, 3.05) is 5.75 Å². The molecule has 4 nitrogen and oxygen atoms in total. The SMILES string of the molecule is C=C(Cl)Cn1c(SCC(=O)O)nc2cc(F)c(Cl)cc21. The summed E-state index contributed by atoms with van der Waals surface area (Å²) in [6, 6.07) is 2.64. The van der Waals surface area contributed by atoms with Gasteiger partial charge in [-0.3, -0.25) is 4.79 Å². The fraction of sp³-hybridized carbons (Fsp3) is 0.167. The van der Waals surface area contributed by atoms with Gasteiger partial charge in [-0.05, 0) is 6.07 Å². The third kappa shape index (κ3) is 3.26. The second kappa shape index (κ2) is 6.03. The minimum Gasteiger partial charge on any atom is -0.481 e. The molecule has 1 heterocycles. The predicted octanol–water partition coefficient (Wildman–Crippen LogP) is 3.76. The van der Waals surface area contributed by atoms with Crippen LogP contribution in [0.5, 0.6) is 0 Å². The number of nitrogens with zero attached hydrogens (tertiary/aromatic N) is 2. The molecule has 0 unspecified atom stereocenters. The van der Waals surface area contributed by atoms with E-state index < -0.39 is 11.8 Å². The number of allylic oxidation sites excluding steroid dienone is 1. The minimum absolute atomic E-state index is 0.0337. The lowest BCUT2D eigenvalue weighted by atomic mass is 10.3. The Balaban J connectivity index is 2.54. The first-order valence-corrected chi connectivity index (χ1v) is 7.16. The summed E-state index contributed by atoms with van der Waals surface area (Å²) >= 11 is 12.6. The molecule has 2 aromatic rings. The number of benzene rings is 1. The maximum atomic E-state index is 13.4. The van der Waals surface area contributed by atoms with Crippen molar-refractivity contribution in [1.82, 2.24) is 9.55 Å². The third-order valence-corrected chi connectivity index (χ3v) is 3.78. The summed E-state index contributed by atoms with van der Waals surface area (Å²) in [5.74, 6) is -1.71. The normalized spacial score (nSPS) is 10.9. The van der Waals surface area contributed by atoms with Crippen LogP contribution in [0.4, 0.5) is 4.39 Å². The Bertz CT molecular complexity index is 702. The molecule has 0 aliphatic heterocycles. The monoisotopic (exact) mass is 334 g/mol. The van der Waals surface area contributed by atoms with Crippen LogP contribution in [0, 0.1) is 5.82 Å². The number of fused-ring (bicyclic) bond motifs is 1. The average molecular weight is 335 g/mol. The molecule has 1 N–H and O–H groups in total. The Labute approximate surface area is 128 Å². The highest BCUT2D eigenvalue weighted by atomic mass is 35.5. The minimum atomic E-state index is -0.970. The van der Waals surface area contributed by atoms with Gasteiger partial charge < -0.3 is 9.67 Å². The highest BCUT2D eigenvalue weighted by molar-refractivity contribution is 7.99. The molecular formula is C12H9Cl2FN2O2S. The first kappa shape index (κ1) is 15.2. The highest BCUT2D eigenvalue weighted by Gasteiger charge is 2.15. The van der Waals surface area contributed by atoms with Gasteiger partial charge in [-0.2, -0.15) is 0 Å². The summed E-state index contributed by atoms with van der Waals surface area (Å²) in [5, 5.41) is 9.47. The van der Waals surface area contributed by atoms with Crippen LogP contribution in [0.1, 0.15) is 0 Å². The number of hydrogen-bond donors (Lipinski definition) is 1. The third-order valence-electron chi connectivity index (χ3n) is 2.41. The lowest BCUT2D eigenvalue weighted by molar-refractivity contribution is -0.133. The lowest BCUT2D eigenvalue weighted by Gasteiger charge is -2.07. The van der Waals surface area contributed by atoms with Gasteiger partial charge in [0.15, 0.2) is 5.16 Å². The number of thioether (sulfide) groups is 1. The van der Waals surface area contributed by atoms with Crippen molar-refractivity contribution >= 4 is 52.0 Å². The van der Waals surface area contributed by atoms with Crippen molar-refractivity contribution in [1.29, 1.82) is 0 Å². The summed E-state index contributed by atoms with van der Waals surface area (Å²) in [7, 11) is 0. The Morgan fingerprint density at radius 3 is 2.85 bits per heavy atom. The molecule has 106 valence electrons. The van der Waals surface area contributed by atoms with E-state index >= 15 is 0 Å². The van der Waals surface area contributed by atoms with E-state index in [0.29, 0.717) is 21.2 Å². The van der Waals surface area contributed by atoms with Crippen LogP contribution < -0.4 is 0 Å². The van der Waals surface area contributed by atoms with Crippen molar-refractivity contribution in [3.05, 3.63) is 34.6 Å². The summed E-state index contributed by atoms with van der Waals surface area (Å²) in [6.45, 7) is 3.84. The van der Waals surface area contributed by atoms with Crippen molar-refractivity contribution < 1.29 is 14.3 Å². The summed E-state index contributed by atoms with van der Waals surface area (Å²) < 4.78 is 15.1. The second-order valence-electron chi connectivity index (χ2n) is 3.94.